The number of aromatic nitrogens is 3. The van der Waals surface area contributed by atoms with Crippen LogP contribution >= 0.6 is 0 Å². The van der Waals surface area contributed by atoms with E-state index in [0.717, 1.165) is 11.3 Å². The number of hydrogen-bond donors (Lipinski definition) is 0. The summed E-state index contributed by atoms with van der Waals surface area (Å²) in [5, 5.41) is 8.10. The first kappa shape index (κ1) is 9.96. The molecule has 4 heteroatoms. The Morgan fingerprint density at radius 1 is 1.00 bits per heavy atom. The van der Waals surface area contributed by atoms with Crippen LogP contribution in [0.3, 0.4) is 0 Å². The molecule has 0 saturated carbocycles. The van der Waals surface area contributed by atoms with Gasteiger partial charge in [0, 0.05) is 5.69 Å². The Hall–Kier alpha value is -2.23. The predicted molar refractivity (Wildman–Crippen MR) is 63.1 cm³/mol. The number of benzene rings is 1. The minimum absolute atomic E-state index is 0.287. The lowest BCUT2D eigenvalue weighted by molar-refractivity contribution is 0.629. The van der Waals surface area contributed by atoms with Crippen molar-refractivity contribution in [2.75, 3.05) is 0 Å². The van der Waals surface area contributed by atoms with E-state index in [1.54, 1.807) is 18.2 Å². The van der Waals surface area contributed by atoms with Gasteiger partial charge < -0.3 is 0 Å². The summed E-state index contributed by atoms with van der Waals surface area (Å²) in [5.74, 6) is 0.251. The summed E-state index contributed by atoms with van der Waals surface area (Å²) in [5.41, 5.74) is 2.17. The van der Waals surface area contributed by atoms with Crippen molar-refractivity contribution in [1.82, 2.24) is 14.6 Å². The maximum atomic E-state index is 13.7. The summed E-state index contributed by atoms with van der Waals surface area (Å²) in [6.07, 6.45) is 0. The van der Waals surface area contributed by atoms with Gasteiger partial charge in [0.05, 0.1) is 5.56 Å². The standard InChI is InChI=1S/C13H10FN3/c1-9-5-4-8-12-15-16-13(17(9)12)10-6-2-3-7-11(10)14/h2-8H,1H3. The van der Waals surface area contributed by atoms with Crippen LogP contribution < -0.4 is 0 Å². The first-order valence-electron chi connectivity index (χ1n) is 5.33. The molecule has 2 heterocycles. The molecule has 0 radical (unpaired) electrons. The van der Waals surface area contributed by atoms with E-state index in [1.165, 1.54) is 6.07 Å². The largest absolute Gasteiger partial charge is 0.280 e. The van der Waals surface area contributed by atoms with Crippen molar-refractivity contribution in [2.24, 2.45) is 0 Å². The molecule has 0 spiro atoms. The van der Waals surface area contributed by atoms with Crippen LogP contribution in [0.4, 0.5) is 4.39 Å². The van der Waals surface area contributed by atoms with Crippen molar-refractivity contribution < 1.29 is 4.39 Å². The molecule has 1 aromatic carbocycles. The average Bonchev–Trinajstić information content (AvgIpc) is 2.75. The fraction of sp³-hybridized carbons (Fsp3) is 0.0769. The van der Waals surface area contributed by atoms with Gasteiger partial charge in [-0.1, -0.05) is 18.2 Å². The molecule has 2 aromatic heterocycles. The number of pyridine rings is 1. The molecule has 0 atom stereocenters. The second kappa shape index (κ2) is 3.66. The third-order valence-electron chi connectivity index (χ3n) is 2.74. The molecular formula is C13H10FN3. The van der Waals surface area contributed by atoms with Gasteiger partial charge in [-0.15, -0.1) is 10.2 Å². The van der Waals surface area contributed by atoms with Crippen LogP contribution in [0.2, 0.25) is 0 Å². The van der Waals surface area contributed by atoms with E-state index in [1.807, 2.05) is 29.5 Å². The highest BCUT2D eigenvalue weighted by atomic mass is 19.1. The quantitative estimate of drug-likeness (QED) is 0.640. The fourth-order valence-electron chi connectivity index (χ4n) is 1.92. The van der Waals surface area contributed by atoms with E-state index >= 15 is 0 Å². The lowest BCUT2D eigenvalue weighted by atomic mass is 10.2. The Balaban J connectivity index is 2.36. The zero-order chi connectivity index (χ0) is 11.8. The monoisotopic (exact) mass is 227 g/mol. The van der Waals surface area contributed by atoms with E-state index in [2.05, 4.69) is 10.2 Å². The average molecular weight is 227 g/mol. The van der Waals surface area contributed by atoms with Crippen LogP contribution in [-0.2, 0) is 0 Å². The molecule has 3 nitrogen and oxygen atoms in total. The third-order valence-corrected chi connectivity index (χ3v) is 2.74. The highest BCUT2D eigenvalue weighted by Crippen LogP contribution is 2.22. The second-order valence-corrected chi connectivity index (χ2v) is 3.86. The van der Waals surface area contributed by atoms with Crippen LogP contribution in [0.1, 0.15) is 5.69 Å². The van der Waals surface area contributed by atoms with E-state index in [9.17, 15) is 4.39 Å². The van der Waals surface area contributed by atoms with Crippen LogP contribution in [0.15, 0.2) is 42.5 Å². The van der Waals surface area contributed by atoms with E-state index in [0.29, 0.717) is 11.4 Å². The summed E-state index contributed by atoms with van der Waals surface area (Å²) >= 11 is 0. The number of aryl methyl sites for hydroxylation is 1. The van der Waals surface area contributed by atoms with Gasteiger partial charge in [-0.25, -0.2) is 4.39 Å². The van der Waals surface area contributed by atoms with Gasteiger partial charge in [0.2, 0.25) is 0 Å². The lowest BCUT2D eigenvalue weighted by Crippen LogP contribution is -1.95. The van der Waals surface area contributed by atoms with E-state index in [4.69, 9.17) is 0 Å². The SMILES string of the molecule is Cc1cccc2nnc(-c3ccccc3F)n12. The van der Waals surface area contributed by atoms with Crippen LogP contribution in [-0.4, -0.2) is 14.6 Å². The number of fused-ring (bicyclic) bond motifs is 1. The number of hydrogen-bond acceptors (Lipinski definition) is 2. The molecule has 3 aromatic rings. The molecule has 0 fully saturated rings. The first-order valence-corrected chi connectivity index (χ1v) is 5.33. The van der Waals surface area contributed by atoms with Gasteiger partial charge in [0.15, 0.2) is 11.5 Å². The fourth-order valence-corrected chi connectivity index (χ4v) is 1.92. The van der Waals surface area contributed by atoms with Crippen molar-refractivity contribution >= 4 is 5.65 Å². The molecule has 0 saturated heterocycles. The summed E-state index contributed by atoms with van der Waals surface area (Å²) < 4.78 is 15.6. The summed E-state index contributed by atoms with van der Waals surface area (Å²) in [7, 11) is 0. The molecule has 0 bridgehead atoms. The van der Waals surface area contributed by atoms with Gasteiger partial charge in [-0.3, -0.25) is 4.40 Å². The molecular weight excluding hydrogens is 217 g/mol. The van der Waals surface area contributed by atoms with Gasteiger partial charge >= 0.3 is 0 Å². The molecule has 17 heavy (non-hydrogen) atoms. The van der Waals surface area contributed by atoms with Gasteiger partial charge in [-0.05, 0) is 31.2 Å². The molecule has 0 N–H and O–H groups in total. The van der Waals surface area contributed by atoms with Crippen molar-refractivity contribution in [2.45, 2.75) is 6.92 Å². The van der Waals surface area contributed by atoms with Crippen LogP contribution in [0.25, 0.3) is 17.0 Å². The maximum Gasteiger partial charge on any atom is 0.171 e. The minimum Gasteiger partial charge on any atom is -0.280 e. The molecule has 0 aliphatic carbocycles. The Morgan fingerprint density at radius 3 is 2.65 bits per heavy atom. The van der Waals surface area contributed by atoms with Crippen molar-refractivity contribution in [3.05, 3.63) is 54.0 Å². The van der Waals surface area contributed by atoms with Crippen molar-refractivity contribution in [3.8, 4) is 11.4 Å². The topological polar surface area (TPSA) is 30.2 Å². The normalized spacial score (nSPS) is 10.9. The summed E-state index contributed by atoms with van der Waals surface area (Å²) in [4.78, 5) is 0. The Labute approximate surface area is 97.5 Å². The van der Waals surface area contributed by atoms with E-state index < -0.39 is 0 Å². The van der Waals surface area contributed by atoms with Gasteiger partial charge in [0.25, 0.3) is 0 Å². The number of nitrogens with zero attached hydrogens (tertiary/aromatic N) is 3. The molecule has 3 rings (SSSR count). The number of halogens is 1. The maximum absolute atomic E-state index is 13.7. The third kappa shape index (κ3) is 1.49. The molecule has 84 valence electrons. The molecule has 0 amide bonds. The van der Waals surface area contributed by atoms with E-state index in [-0.39, 0.29) is 5.82 Å². The first-order chi connectivity index (χ1) is 8.27. The number of rotatable bonds is 1. The smallest absolute Gasteiger partial charge is 0.171 e. The van der Waals surface area contributed by atoms with Gasteiger partial charge in [-0.2, -0.15) is 0 Å². The molecule has 0 aliphatic heterocycles. The predicted octanol–water partition coefficient (Wildman–Crippen LogP) is 2.84. The summed E-state index contributed by atoms with van der Waals surface area (Å²) in [6.45, 7) is 1.95. The second-order valence-electron chi connectivity index (χ2n) is 3.86. The molecule has 0 aliphatic rings. The highest BCUT2D eigenvalue weighted by Gasteiger charge is 2.12. The molecule has 0 unspecified atom stereocenters. The Morgan fingerprint density at radius 2 is 1.82 bits per heavy atom. The lowest BCUT2D eigenvalue weighted by Gasteiger charge is -2.04. The zero-order valence-electron chi connectivity index (χ0n) is 9.26. The Bertz CT molecular complexity index is 688. The van der Waals surface area contributed by atoms with Crippen LogP contribution in [0.5, 0.6) is 0 Å². The highest BCUT2D eigenvalue weighted by molar-refractivity contribution is 5.60. The van der Waals surface area contributed by atoms with Crippen LogP contribution in [0, 0.1) is 12.7 Å². The van der Waals surface area contributed by atoms with Crippen molar-refractivity contribution in [1.29, 1.82) is 0 Å². The Kier molecular flexibility index (Phi) is 2.14. The van der Waals surface area contributed by atoms with Gasteiger partial charge in [0.1, 0.15) is 5.82 Å². The minimum atomic E-state index is -0.287. The zero-order valence-corrected chi connectivity index (χ0v) is 9.26. The summed E-state index contributed by atoms with van der Waals surface area (Å²) in [6, 6.07) is 12.3. The van der Waals surface area contributed by atoms with Crippen molar-refractivity contribution in [3.63, 3.8) is 0 Å².